The van der Waals surface area contributed by atoms with Crippen molar-refractivity contribution in [1.82, 2.24) is 5.43 Å². The minimum atomic E-state index is -0.423. The maximum Gasteiger partial charge on any atom is 0.271 e. The molecule has 0 fully saturated rings. The smallest absolute Gasteiger partial charge is 0.271 e. The molecule has 0 aromatic heterocycles. The van der Waals surface area contributed by atoms with Gasteiger partial charge in [-0.2, -0.15) is 5.10 Å². The van der Waals surface area contributed by atoms with Crippen LogP contribution in [0.5, 0.6) is 17.2 Å². The largest absolute Gasteiger partial charge is 0.493 e. The van der Waals surface area contributed by atoms with Crippen LogP contribution in [0, 0.1) is 5.82 Å². The number of ether oxygens (including phenoxy) is 3. The molecule has 0 aliphatic rings. The Balaban J connectivity index is 1.40. The van der Waals surface area contributed by atoms with Crippen molar-refractivity contribution in [3.8, 4) is 17.2 Å². The van der Waals surface area contributed by atoms with Crippen molar-refractivity contribution < 1.29 is 23.4 Å². The van der Waals surface area contributed by atoms with Gasteiger partial charge in [0.2, 0.25) is 0 Å². The molecule has 0 heterocycles. The zero-order valence-corrected chi connectivity index (χ0v) is 21.6. The number of carbonyl (C=O) groups excluding carboxylic acids is 1. The van der Waals surface area contributed by atoms with Gasteiger partial charge >= 0.3 is 0 Å². The summed E-state index contributed by atoms with van der Waals surface area (Å²) < 4.78 is 31.8. The predicted octanol–water partition coefficient (Wildman–Crippen LogP) is 6.52. The molecule has 188 valence electrons. The van der Waals surface area contributed by atoms with E-state index >= 15 is 0 Å². The maximum absolute atomic E-state index is 13.9. The van der Waals surface area contributed by atoms with Crippen molar-refractivity contribution in [1.29, 1.82) is 0 Å². The molecule has 0 unspecified atom stereocenters. The highest BCUT2D eigenvalue weighted by atomic mass is 79.9. The molecule has 6 nitrogen and oxygen atoms in total. The fraction of sp³-hybridized carbons (Fsp3) is 0.103. The molecule has 0 spiro atoms. The summed E-state index contributed by atoms with van der Waals surface area (Å²) in [5.74, 6) is 0.689. The van der Waals surface area contributed by atoms with Gasteiger partial charge in [0.1, 0.15) is 24.8 Å². The number of nitrogens with zero attached hydrogens (tertiary/aromatic N) is 1. The van der Waals surface area contributed by atoms with Gasteiger partial charge in [0.25, 0.3) is 5.91 Å². The summed E-state index contributed by atoms with van der Waals surface area (Å²) in [4.78, 5) is 12.7. The minimum absolute atomic E-state index is 0.0555. The van der Waals surface area contributed by atoms with E-state index in [-0.39, 0.29) is 12.4 Å². The number of amides is 1. The molecule has 1 N–H and O–H groups in total. The first-order chi connectivity index (χ1) is 18.0. The summed E-state index contributed by atoms with van der Waals surface area (Å²) >= 11 is 3.42. The van der Waals surface area contributed by atoms with Crippen LogP contribution >= 0.6 is 15.9 Å². The molecule has 0 radical (unpaired) electrons. The summed E-state index contributed by atoms with van der Waals surface area (Å²) in [5, 5.41) is 4.07. The van der Waals surface area contributed by atoms with Gasteiger partial charge in [-0.05, 0) is 48.0 Å². The molecule has 0 saturated heterocycles. The number of hydrogen-bond acceptors (Lipinski definition) is 5. The molecule has 0 aliphatic carbocycles. The lowest BCUT2D eigenvalue weighted by atomic mass is 10.2. The highest BCUT2D eigenvalue weighted by Gasteiger charge is 2.12. The van der Waals surface area contributed by atoms with Crippen molar-refractivity contribution >= 4 is 28.1 Å². The summed E-state index contributed by atoms with van der Waals surface area (Å²) in [7, 11) is 1.51. The van der Waals surface area contributed by atoms with E-state index < -0.39 is 5.91 Å². The Hall–Kier alpha value is -4.17. The van der Waals surface area contributed by atoms with Gasteiger partial charge in [-0.1, -0.05) is 64.5 Å². The van der Waals surface area contributed by atoms with Crippen LogP contribution in [-0.2, 0) is 13.2 Å². The number of halogens is 2. The molecular formula is C29H24BrFN2O4. The zero-order chi connectivity index (χ0) is 26.0. The van der Waals surface area contributed by atoms with Crippen molar-refractivity contribution in [2.75, 3.05) is 7.11 Å². The van der Waals surface area contributed by atoms with Gasteiger partial charge in [-0.3, -0.25) is 4.79 Å². The fourth-order valence-electron chi connectivity index (χ4n) is 3.41. The molecule has 4 aromatic carbocycles. The number of carbonyl (C=O) groups is 1. The summed E-state index contributed by atoms with van der Waals surface area (Å²) in [5.41, 5.74) is 4.92. The minimum Gasteiger partial charge on any atom is -0.493 e. The number of hydrazone groups is 1. The Bertz CT molecular complexity index is 1400. The monoisotopic (exact) mass is 562 g/mol. The Morgan fingerprint density at radius 1 is 0.892 bits per heavy atom. The third-order valence-corrected chi connectivity index (χ3v) is 5.84. The van der Waals surface area contributed by atoms with Gasteiger partial charge in [0.15, 0.2) is 11.5 Å². The van der Waals surface area contributed by atoms with Crippen LogP contribution in [0.2, 0.25) is 0 Å². The van der Waals surface area contributed by atoms with Gasteiger partial charge in [0.05, 0.1) is 13.3 Å². The van der Waals surface area contributed by atoms with Crippen molar-refractivity contribution in [3.63, 3.8) is 0 Å². The SMILES string of the molecule is COc1cc(C(=O)N/N=C/c2cc(Br)ccc2OCc2ccccc2F)ccc1OCc1ccccc1. The van der Waals surface area contributed by atoms with E-state index in [1.807, 2.05) is 30.3 Å². The quantitative estimate of drug-likeness (QED) is 0.176. The van der Waals surface area contributed by atoms with Crippen LogP contribution in [0.4, 0.5) is 4.39 Å². The molecule has 1 amide bonds. The Labute approximate surface area is 222 Å². The van der Waals surface area contributed by atoms with E-state index in [1.54, 1.807) is 54.6 Å². The summed E-state index contributed by atoms with van der Waals surface area (Å²) in [6.45, 7) is 0.432. The maximum atomic E-state index is 13.9. The average molecular weight is 563 g/mol. The summed E-state index contributed by atoms with van der Waals surface area (Å²) in [6, 6.07) is 26.4. The molecule has 0 bridgehead atoms. The van der Waals surface area contributed by atoms with Crippen molar-refractivity contribution in [2.45, 2.75) is 13.2 Å². The van der Waals surface area contributed by atoms with E-state index in [0.29, 0.717) is 40.5 Å². The highest BCUT2D eigenvalue weighted by molar-refractivity contribution is 9.10. The first-order valence-electron chi connectivity index (χ1n) is 11.4. The third-order valence-electron chi connectivity index (χ3n) is 5.35. The number of nitrogens with one attached hydrogen (secondary N) is 1. The van der Waals surface area contributed by atoms with E-state index in [4.69, 9.17) is 14.2 Å². The molecule has 0 aliphatic heterocycles. The molecule has 4 aromatic rings. The van der Waals surface area contributed by atoms with Gasteiger partial charge in [0, 0.05) is 21.2 Å². The molecule has 37 heavy (non-hydrogen) atoms. The Kier molecular flexibility index (Phi) is 8.89. The Morgan fingerprint density at radius 3 is 2.41 bits per heavy atom. The van der Waals surface area contributed by atoms with Gasteiger partial charge in [-0.15, -0.1) is 0 Å². The lowest BCUT2D eigenvalue weighted by molar-refractivity contribution is 0.0954. The van der Waals surface area contributed by atoms with Gasteiger partial charge in [-0.25, -0.2) is 9.82 Å². The molecule has 0 atom stereocenters. The van der Waals surface area contributed by atoms with Crippen LogP contribution in [0.25, 0.3) is 0 Å². The molecule has 0 saturated carbocycles. The number of methoxy groups -OCH3 is 1. The number of rotatable bonds is 10. The van der Waals surface area contributed by atoms with Crippen LogP contribution < -0.4 is 19.6 Å². The van der Waals surface area contributed by atoms with Crippen LogP contribution in [0.1, 0.15) is 27.0 Å². The molecular weight excluding hydrogens is 539 g/mol. The van der Waals surface area contributed by atoms with Crippen LogP contribution in [0.3, 0.4) is 0 Å². The van der Waals surface area contributed by atoms with E-state index in [1.165, 1.54) is 19.4 Å². The molecule has 4 rings (SSSR count). The molecule has 8 heteroatoms. The van der Waals surface area contributed by atoms with Crippen molar-refractivity contribution in [3.05, 3.63) is 124 Å². The standard InChI is InChI=1S/C29H24BrFN2O4/c1-35-28-16-21(11-13-27(28)36-18-20-7-3-2-4-8-20)29(34)33-32-17-23-15-24(30)12-14-26(23)37-19-22-9-5-6-10-25(22)31/h2-17H,18-19H2,1H3,(H,33,34)/b32-17+. The first kappa shape index (κ1) is 25.9. The lowest BCUT2D eigenvalue weighted by Gasteiger charge is -2.12. The third kappa shape index (κ3) is 7.17. The van der Waals surface area contributed by atoms with E-state index in [2.05, 4.69) is 26.5 Å². The van der Waals surface area contributed by atoms with Crippen molar-refractivity contribution in [2.24, 2.45) is 5.10 Å². The Morgan fingerprint density at radius 2 is 1.62 bits per heavy atom. The van der Waals surface area contributed by atoms with Crippen LogP contribution in [0.15, 0.2) is 101 Å². The van der Waals surface area contributed by atoms with Crippen LogP contribution in [-0.4, -0.2) is 19.2 Å². The fourth-order valence-corrected chi connectivity index (χ4v) is 3.79. The van der Waals surface area contributed by atoms with E-state index in [0.717, 1.165) is 10.0 Å². The number of benzene rings is 4. The zero-order valence-electron chi connectivity index (χ0n) is 20.0. The second-order valence-electron chi connectivity index (χ2n) is 7.90. The average Bonchev–Trinajstić information content (AvgIpc) is 2.92. The lowest BCUT2D eigenvalue weighted by Crippen LogP contribution is -2.17. The topological polar surface area (TPSA) is 69.2 Å². The van der Waals surface area contributed by atoms with Gasteiger partial charge < -0.3 is 14.2 Å². The van der Waals surface area contributed by atoms with E-state index in [9.17, 15) is 9.18 Å². The highest BCUT2D eigenvalue weighted by Crippen LogP contribution is 2.29. The second-order valence-corrected chi connectivity index (χ2v) is 8.82. The predicted molar refractivity (Wildman–Crippen MR) is 144 cm³/mol. The second kappa shape index (κ2) is 12.7. The normalized spacial score (nSPS) is 10.8. The summed E-state index contributed by atoms with van der Waals surface area (Å²) in [6.07, 6.45) is 1.47. The first-order valence-corrected chi connectivity index (χ1v) is 12.2. The number of hydrogen-bond donors (Lipinski definition) is 1.